The Labute approximate surface area is 91.0 Å². The number of ether oxygens (including phenoxy) is 1. The average molecular weight is 232 g/mol. The lowest BCUT2D eigenvalue weighted by Gasteiger charge is -2.12. The summed E-state index contributed by atoms with van der Waals surface area (Å²) >= 11 is 0. The molecule has 0 bridgehead atoms. The van der Waals surface area contributed by atoms with Gasteiger partial charge in [0.1, 0.15) is 11.5 Å². The van der Waals surface area contributed by atoms with Crippen molar-refractivity contribution in [3.63, 3.8) is 0 Å². The molecule has 0 heterocycles. The number of benzene rings is 1. The normalized spacial score (nSPS) is 11.3. The van der Waals surface area contributed by atoms with Gasteiger partial charge in [0, 0.05) is 6.42 Å². The van der Waals surface area contributed by atoms with Gasteiger partial charge in [-0.1, -0.05) is 6.07 Å². The van der Waals surface area contributed by atoms with Crippen molar-refractivity contribution in [1.29, 1.82) is 0 Å². The molecule has 0 fully saturated rings. The van der Waals surface area contributed by atoms with Gasteiger partial charge in [0.15, 0.2) is 0 Å². The van der Waals surface area contributed by atoms with E-state index in [1.165, 1.54) is 26.2 Å². The second-order valence-corrected chi connectivity index (χ2v) is 3.41. The minimum Gasteiger partial charge on any atom is -0.496 e. The van der Waals surface area contributed by atoms with Gasteiger partial charge in [0.2, 0.25) is 0 Å². The zero-order chi connectivity index (χ0) is 12.3. The third-order valence-electron chi connectivity index (χ3n) is 2.02. The van der Waals surface area contributed by atoms with Crippen LogP contribution in [0.25, 0.3) is 0 Å². The van der Waals surface area contributed by atoms with Crippen molar-refractivity contribution in [2.45, 2.75) is 19.5 Å². The Balaban J connectivity index is 3.16. The Hall–Kier alpha value is -1.52. The average Bonchev–Trinajstić information content (AvgIpc) is 2.15. The number of halogens is 3. The minimum absolute atomic E-state index is 0.00687. The molecule has 0 N–H and O–H groups in total. The van der Waals surface area contributed by atoms with Crippen molar-refractivity contribution in [3.8, 4) is 5.75 Å². The van der Waals surface area contributed by atoms with E-state index in [0.717, 1.165) is 6.07 Å². The number of carbonyl (C=O) groups is 1. The van der Waals surface area contributed by atoms with Gasteiger partial charge in [-0.25, -0.2) is 0 Å². The van der Waals surface area contributed by atoms with Crippen LogP contribution in [-0.4, -0.2) is 12.9 Å². The van der Waals surface area contributed by atoms with Crippen LogP contribution in [0.1, 0.15) is 18.1 Å². The summed E-state index contributed by atoms with van der Waals surface area (Å²) in [6, 6.07) is 3.62. The van der Waals surface area contributed by atoms with Crippen LogP contribution in [0.4, 0.5) is 13.2 Å². The van der Waals surface area contributed by atoms with Crippen LogP contribution in [-0.2, 0) is 17.4 Å². The summed E-state index contributed by atoms with van der Waals surface area (Å²) in [6.07, 6.45) is -4.48. The summed E-state index contributed by atoms with van der Waals surface area (Å²) in [4.78, 5) is 10.8. The van der Waals surface area contributed by atoms with Crippen LogP contribution < -0.4 is 4.74 Å². The molecule has 0 aliphatic carbocycles. The number of rotatable bonds is 3. The largest absolute Gasteiger partial charge is 0.496 e. The highest BCUT2D eigenvalue weighted by Gasteiger charge is 2.34. The van der Waals surface area contributed by atoms with Crippen molar-refractivity contribution in [3.05, 3.63) is 29.3 Å². The maximum Gasteiger partial charge on any atom is 0.419 e. The van der Waals surface area contributed by atoms with E-state index < -0.39 is 11.7 Å². The number of carbonyl (C=O) groups excluding carboxylic acids is 1. The van der Waals surface area contributed by atoms with Crippen molar-refractivity contribution in [1.82, 2.24) is 0 Å². The standard InChI is InChI=1S/C11H11F3O2/c1-7(15)5-8-3-4-10(16-2)9(6-8)11(12,13)14/h3-4,6H,5H2,1-2H3. The molecular weight excluding hydrogens is 221 g/mol. The summed E-state index contributed by atoms with van der Waals surface area (Å²) in [7, 11) is 1.18. The molecule has 0 saturated carbocycles. The van der Waals surface area contributed by atoms with Crippen molar-refractivity contribution in [2.24, 2.45) is 0 Å². The number of hydrogen-bond acceptors (Lipinski definition) is 2. The fourth-order valence-electron chi connectivity index (χ4n) is 1.37. The molecule has 2 nitrogen and oxygen atoms in total. The lowest BCUT2D eigenvalue weighted by atomic mass is 10.1. The topological polar surface area (TPSA) is 26.3 Å². The first-order valence-corrected chi connectivity index (χ1v) is 4.58. The zero-order valence-electron chi connectivity index (χ0n) is 8.89. The van der Waals surface area contributed by atoms with E-state index in [1.54, 1.807) is 0 Å². The monoisotopic (exact) mass is 232 g/mol. The Kier molecular flexibility index (Phi) is 3.57. The minimum atomic E-state index is -4.47. The summed E-state index contributed by atoms with van der Waals surface area (Å²) in [5.41, 5.74) is -0.519. The first-order chi connectivity index (χ1) is 7.34. The van der Waals surface area contributed by atoms with E-state index in [9.17, 15) is 18.0 Å². The van der Waals surface area contributed by atoms with Crippen molar-refractivity contribution in [2.75, 3.05) is 7.11 Å². The first kappa shape index (κ1) is 12.5. The molecular formula is C11H11F3O2. The molecule has 1 rings (SSSR count). The van der Waals surface area contributed by atoms with E-state index in [-0.39, 0.29) is 18.0 Å². The zero-order valence-corrected chi connectivity index (χ0v) is 8.89. The first-order valence-electron chi connectivity index (χ1n) is 4.58. The Morgan fingerprint density at radius 2 is 2.00 bits per heavy atom. The van der Waals surface area contributed by atoms with Crippen LogP contribution in [0, 0.1) is 0 Å². The molecule has 0 aromatic heterocycles. The van der Waals surface area contributed by atoms with Crippen LogP contribution in [0.3, 0.4) is 0 Å². The van der Waals surface area contributed by atoms with Gasteiger partial charge in [0.25, 0.3) is 0 Å². The summed E-state index contributed by atoms with van der Waals surface area (Å²) in [6.45, 7) is 1.33. The third kappa shape index (κ3) is 2.98. The Bertz CT molecular complexity index is 397. The van der Waals surface area contributed by atoms with E-state index in [2.05, 4.69) is 4.74 Å². The van der Waals surface area contributed by atoms with Gasteiger partial charge in [-0.15, -0.1) is 0 Å². The predicted molar refractivity (Wildman–Crippen MR) is 52.4 cm³/mol. The predicted octanol–water partition coefficient (Wildman–Crippen LogP) is 2.85. The van der Waals surface area contributed by atoms with E-state index in [4.69, 9.17) is 0 Å². The van der Waals surface area contributed by atoms with Crippen LogP contribution >= 0.6 is 0 Å². The van der Waals surface area contributed by atoms with Gasteiger partial charge in [-0.05, 0) is 24.6 Å². The number of methoxy groups -OCH3 is 1. The molecule has 0 atom stereocenters. The second-order valence-electron chi connectivity index (χ2n) is 3.41. The molecule has 88 valence electrons. The van der Waals surface area contributed by atoms with E-state index in [0.29, 0.717) is 5.56 Å². The van der Waals surface area contributed by atoms with Gasteiger partial charge in [-0.2, -0.15) is 13.2 Å². The SMILES string of the molecule is COc1ccc(CC(C)=O)cc1C(F)(F)F. The van der Waals surface area contributed by atoms with Crippen LogP contribution in [0.5, 0.6) is 5.75 Å². The fourth-order valence-corrected chi connectivity index (χ4v) is 1.37. The highest BCUT2D eigenvalue weighted by Crippen LogP contribution is 2.36. The van der Waals surface area contributed by atoms with Gasteiger partial charge in [0.05, 0.1) is 12.7 Å². The smallest absolute Gasteiger partial charge is 0.419 e. The lowest BCUT2D eigenvalue weighted by molar-refractivity contribution is -0.138. The molecule has 0 aliphatic heterocycles. The van der Waals surface area contributed by atoms with Crippen LogP contribution in [0.2, 0.25) is 0 Å². The van der Waals surface area contributed by atoms with Crippen molar-refractivity contribution < 1.29 is 22.7 Å². The Morgan fingerprint density at radius 1 is 1.38 bits per heavy atom. The molecule has 1 aromatic carbocycles. The summed E-state index contributed by atoms with van der Waals surface area (Å²) in [5.74, 6) is -0.418. The lowest BCUT2D eigenvalue weighted by Crippen LogP contribution is -2.09. The molecule has 1 aromatic rings. The summed E-state index contributed by atoms with van der Waals surface area (Å²) < 4.78 is 42.4. The quantitative estimate of drug-likeness (QED) is 0.801. The maximum atomic E-state index is 12.6. The molecule has 5 heteroatoms. The molecule has 0 unspecified atom stereocenters. The molecule has 0 aliphatic rings. The highest BCUT2D eigenvalue weighted by molar-refractivity contribution is 5.78. The molecule has 0 radical (unpaired) electrons. The van der Waals surface area contributed by atoms with E-state index in [1.807, 2.05) is 0 Å². The molecule has 0 spiro atoms. The third-order valence-corrected chi connectivity index (χ3v) is 2.02. The number of alkyl halides is 3. The fraction of sp³-hybridized carbons (Fsp3) is 0.364. The second kappa shape index (κ2) is 4.55. The number of ketones is 1. The van der Waals surface area contributed by atoms with Crippen LogP contribution in [0.15, 0.2) is 18.2 Å². The van der Waals surface area contributed by atoms with Gasteiger partial charge >= 0.3 is 6.18 Å². The van der Waals surface area contributed by atoms with Crippen molar-refractivity contribution >= 4 is 5.78 Å². The van der Waals surface area contributed by atoms with Gasteiger partial charge < -0.3 is 4.74 Å². The maximum absolute atomic E-state index is 12.6. The number of hydrogen-bond donors (Lipinski definition) is 0. The number of Topliss-reactive ketones (excluding diaryl/α,β-unsaturated/α-hetero) is 1. The molecule has 0 saturated heterocycles. The van der Waals surface area contributed by atoms with E-state index >= 15 is 0 Å². The van der Waals surface area contributed by atoms with Gasteiger partial charge in [-0.3, -0.25) is 4.79 Å². The molecule has 16 heavy (non-hydrogen) atoms. The molecule has 0 amide bonds. The Morgan fingerprint density at radius 3 is 2.44 bits per heavy atom. The highest BCUT2D eigenvalue weighted by atomic mass is 19.4. The summed E-state index contributed by atoms with van der Waals surface area (Å²) in [5, 5.41) is 0.